The van der Waals surface area contributed by atoms with E-state index in [0.717, 1.165) is 22.4 Å². The van der Waals surface area contributed by atoms with Crippen LogP contribution in [0.15, 0.2) is 36.4 Å². The molecule has 0 bridgehead atoms. The Kier molecular flexibility index (Phi) is 6.42. The Morgan fingerprint density at radius 3 is 2.72 bits per heavy atom. The van der Waals surface area contributed by atoms with E-state index in [1.54, 1.807) is 12.0 Å². The molecule has 0 radical (unpaired) electrons. The number of carbonyl (C=O) groups excluding carboxylic acids is 2. The van der Waals surface area contributed by atoms with Crippen LogP contribution < -0.4 is 19.7 Å². The Hall–Kier alpha value is -3.02. The number of hydrogen-bond donors (Lipinski definition) is 1. The van der Waals surface area contributed by atoms with Crippen LogP contribution in [0.5, 0.6) is 11.5 Å². The molecule has 2 aromatic carbocycles. The molecule has 1 aliphatic rings. The van der Waals surface area contributed by atoms with Crippen molar-refractivity contribution in [2.24, 2.45) is 5.92 Å². The van der Waals surface area contributed by atoms with E-state index in [1.807, 2.05) is 57.2 Å². The van der Waals surface area contributed by atoms with Gasteiger partial charge in [0.15, 0.2) is 11.5 Å². The Morgan fingerprint density at radius 2 is 2.00 bits per heavy atom. The van der Waals surface area contributed by atoms with Crippen LogP contribution in [0.4, 0.5) is 5.69 Å². The molecule has 6 nitrogen and oxygen atoms in total. The highest BCUT2D eigenvalue weighted by atomic mass is 16.5. The summed E-state index contributed by atoms with van der Waals surface area (Å²) >= 11 is 0. The standard InChI is InChI=1S/C23H28N2O4/c1-5-29-20-10-9-17(11-21(20)28-4)13-24-23(27)18-12-22(26)25(14-18)19-8-6-7-15(2)16(19)3/h6-11,18H,5,12-14H2,1-4H3,(H,24,27). The van der Waals surface area contributed by atoms with Gasteiger partial charge in [0.1, 0.15) is 0 Å². The highest BCUT2D eigenvalue weighted by Crippen LogP contribution is 2.30. The third-order valence-electron chi connectivity index (χ3n) is 5.36. The number of methoxy groups -OCH3 is 1. The summed E-state index contributed by atoms with van der Waals surface area (Å²) in [6.45, 7) is 7.27. The van der Waals surface area contributed by atoms with Crippen molar-refractivity contribution in [1.29, 1.82) is 0 Å². The first-order chi connectivity index (χ1) is 13.9. The van der Waals surface area contributed by atoms with Crippen LogP contribution in [0, 0.1) is 19.8 Å². The van der Waals surface area contributed by atoms with Gasteiger partial charge in [-0.1, -0.05) is 18.2 Å². The summed E-state index contributed by atoms with van der Waals surface area (Å²) in [5.41, 5.74) is 4.01. The number of hydrogen-bond acceptors (Lipinski definition) is 4. The lowest BCUT2D eigenvalue weighted by atomic mass is 10.1. The van der Waals surface area contributed by atoms with Crippen molar-refractivity contribution < 1.29 is 19.1 Å². The fourth-order valence-electron chi connectivity index (χ4n) is 3.57. The van der Waals surface area contributed by atoms with E-state index in [1.165, 1.54) is 0 Å². The highest BCUT2D eigenvalue weighted by Gasteiger charge is 2.35. The zero-order valence-electron chi connectivity index (χ0n) is 17.5. The Bertz CT molecular complexity index is 910. The number of nitrogens with one attached hydrogen (secondary N) is 1. The number of benzene rings is 2. The zero-order chi connectivity index (χ0) is 21.0. The topological polar surface area (TPSA) is 67.9 Å². The summed E-state index contributed by atoms with van der Waals surface area (Å²) in [5, 5.41) is 2.95. The van der Waals surface area contributed by atoms with E-state index in [9.17, 15) is 9.59 Å². The van der Waals surface area contributed by atoms with Crippen molar-refractivity contribution >= 4 is 17.5 Å². The van der Waals surface area contributed by atoms with Crippen LogP contribution in [-0.4, -0.2) is 32.1 Å². The van der Waals surface area contributed by atoms with Gasteiger partial charge in [-0.15, -0.1) is 0 Å². The minimum absolute atomic E-state index is 0.0124. The quantitative estimate of drug-likeness (QED) is 0.779. The number of amides is 2. The monoisotopic (exact) mass is 396 g/mol. The number of nitrogens with zero attached hydrogens (tertiary/aromatic N) is 1. The Balaban J connectivity index is 1.63. The second-order valence-corrected chi connectivity index (χ2v) is 7.26. The van der Waals surface area contributed by atoms with E-state index in [0.29, 0.717) is 31.2 Å². The van der Waals surface area contributed by atoms with Crippen LogP contribution in [0.3, 0.4) is 0 Å². The maximum atomic E-state index is 12.7. The molecule has 0 saturated carbocycles. The number of anilines is 1. The van der Waals surface area contributed by atoms with Gasteiger partial charge in [-0.05, 0) is 55.7 Å². The average molecular weight is 396 g/mol. The molecule has 1 N–H and O–H groups in total. The predicted octanol–water partition coefficient (Wildman–Crippen LogP) is 3.38. The maximum Gasteiger partial charge on any atom is 0.227 e. The molecule has 154 valence electrons. The first-order valence-electron chi connectivity index (χ1n) is 9.88. The molecule has 29 heavy (non-hydrogen) atoms. The van der Waals surface area contributed by atoms with Gasteiger partial charge in [0.25, 0.3) is 0 Å². The van der Waals surface area contributed by atoms with Gasteiger partial charge in [0, 0.05) is 25.2 Å². The minimum atomic E-state index is -0.355. The molecule has 1 saturated heterocycles. The molecule has 1 unspecified atom stereocenters. The van der Waals surface area contributed by atoms with Gasteiger partial charge in [-0.2, -0.15) is 0 Å². The summed E-state index contributed by atoms with van der Waals surface area (Å²) in [6, 6.07) is 11.5. The number of aryl methyl sites for hydroxylation is 1. The first kappa shape index (κ1) is 20.7. The molecule has 2 aromatic rings. The SMILES string of the molecule is CCOc1ccc(CNC(=O)C2CC(=O)N(c3cccc(C)c3C)C2)cc1OC. The molecular formula is C23H28N2O4. The molecule has 1 aliphatic heterocycles. The fraction of sp³-hybridized carbons (Fsp3) is 0.391. The van der Waals surface area contributed by atoms with E-state index >= 15 is 0 Å². The molecule has 1 heterocycles. The predicted molar refractivity (Wildman–Crippen MR) is 112 cm³/mol. The van der Waals surface area contributed by atoms with Crippen LogP contribution in [0.25, 0.3) is 0 Å². The smallest absolute Gasteiger partial charge is 0.227 e. The molecule has 1 fully saturated rings. The van der Waals surface area contributed by atoms with Gasteiger partial charge >= 0.3 is 0 Å². The van der Waals surface area contributed by atoms with Gasteiger partial charge in [0.2, 0.25) is 11.8 Å². The van der Waals surface area contributed by atoms with E-state index in [2.05, 4.69) is 5.32 Å². The van der Waals surface area contributed by atoms with Gasteiger partial charge in [0.05, 0.1) is 19.6 Å². The lowest BCUT2D eigenvalue weighted by Gasteiger charge is -2.20. The van der Waals surface area contributed by atoms with Crippen LogP contribution >= 0.6 is 0 Å². The highest BCUT2D eigenvalue weighted by molar-refractivity contribution is 6.00. The van der Waals surface area contributed by atoms with Crippen molar-refractivity contribution in [3.8, 4) is 11.5 Å². The lowest BCUT2D eigenvalue weighted by Crippen LogP contribution is -2.32. The lowest BCUT2D eigenvalue weighted by molar-refractivity contribution is -0.126. The molecule has 3 rings (SSSR count). The van der Waals surface area contributed by atoms with Crippen molar-refractivity contribution in [1.82, 2.24) is 5.32 Å². The van der Waals surface area contributed by atoms with Crippen molar-refractivity contribution in [3.05, 3.63) is 53.1 Å². The summed E-state index contributed by atoms with van der Waals surface area (Å²) < 4.78 is 10.9. The third kappa shape index (κ3) is 4.53. The van der Waals surface area contributed by atoms with Crippen LogP contribution in [0.1, 0.15) is 30.0 Å². The second kappa shape index (κ2) is 8.99. The van der Waals surface area contributed by atoms with Crippen molar-refractivity contribution in [2.45, 2.75) is 33.7 Å². The third-order valence-corrected chi connectivity index (χ3v) is 5.36. The molecule has 0 aromatic heterocycles. The van der Waals surface area contributed by atoms with Gasteiger partial charge in [-0.3, -0.25) is 9.59 Å². The summed E-state index contributed by atoms with van der Waals surface area (Å²) in [6.07, 6.45) is 0.228. The summed E-state index contributed by atoms with van der Waals surface area (Å²) in [5.74, 6) is 0.832. The Labute approximate surface area is 171 Å². The summed E-state index contributed by atoms with van der Waals surface area (Å²) in [4.78, 5) is 26.9. The average Bonchev–Trinajstić information content (AvgIpc) is 3.10. The molecule has 0 spiro atoms. The Morgan fingerprint density at radius 1 is 1.21 bits per heavy atom. The largest absolute Gasteiger partial charge is 0.493 e. The van der Waals surface area contributed by atoms with E-state index in [-0.39, 0.29) is 24.2 Å². The molecular weight excluding hydrogens is 368 g/mol. The first-order valence-corrected chi connectivity index (χ1v) is 9.88. The summed E-state index contributed by atoms with van der Waals surface area (Å²) in [7, 11) is 1.59. The minimum Gasteiger partial charge on any atom is -0.493 e. The zero-order valence-corrected chi connectivity index (χ0v) is 17.5. The van der Waals surface area contributed by atoms with E-state index < -0.39 is 0 Å². The van der Waals surface area contributed by atoms with Gasteiger partial charge in [-0.25, -0.2) is 0 Å². The number of ether oxygens (including phenoxy) is 2. The second-order valence-electron chi connectivity index (χ2n) is 7.26. The molecule has 2 amide bonds. The maximum absolute atomic E-state index is 12.7. The van der Waals surface area contributed by atoms with Gasteiger partial charge < -0.3 is 19.7 Å². The fourth-order valence-corrected chi connectivity index (χ4v) is 3.57. The van der Waals surface area contributed by atoms with E-state index in [4.69, 9.17) is 9.47 Å². The van der Waals surface area contributed by atoms with Crippen LogP contribution in [-0.2, 0) is 16.1 Å². The molecule has 0 aliphatic carbocycles. The number of rotatable bonds is 7. The van der Waals surface area contributed by atoms with Crippen molar-refractivity contribution in [3.63, 3.8) is 0 Å². The van der Waals surface area contributed by atoms with Crippen LogP contribution in [0.2, 0.25) is 0 Å². The van der Waals surface area contributed by atoms with Crippen molar-refractivity contribution in [2.75, 3.05) is 25.2 Å². The molecule has 1 atom stereocenters. The normalized spacial score (nSPS) is 16.1. The number of carbonyl (C=O) groups is 2. The molecule has 6 heteroatoms.